The lowest BCUT2D eigenvalue weighted by Gasteiger charge is -2.15. The maximum atomic E-state index is 5.61. The largest absolute Gasteiger partial charge is 0.271 e. The van der Waals surface area contributed by atoms with E-state index < -0.39 is 0 Å². The molecule has 0 radical (unpaired) electrons. The molecule has 0 amide bonds. The summed E-state index contributed by atoms with van der Waals surface area (Å²) in [6.07, 6.45) is 1.75. The van der Waals surface area contributed by atoms with E-state index in [9.17, 15) is 0 Å². The first kappa shape index (κ1) is 11.2. The van der Waals surface area contributed by atoms with Crippen molar-refractivity contribution in [1.82, 2.24) is 15.4 Å². The molecule has 0 bridgehead atoms. The number of nitrogens with two attached hydrogens (primary N) is 1. The Hall–Kier alpha value is -1.30. The summed E-state index contributed by atoms with van der Waals surface area (Å²) in [5.41, 5.74) is 4.88. The van der Waals surface area contributed by atoms with Crippen LogP contribution in [0.2, 0.25) is 0 Å². The fourth-order valence-corrected chi connectivity index (χ4v) is 2.40. The van der Waals surface area contributed by atoms with Gasteiger partial charge in [0.2, 0.25) is 0 Å². The number of aryl methyl sites for hydroxylation is 2. The second-order valence-corrected chi connectivity index (χ2v) is 4.68. The molecule has 0 aliphatic heterocycles. The van der Waals surface area contributed by atoms with Gasteiger partial charge in [0.15, 0.2) is 0 Å². The van der Waals surface area contributed by atoms with Crippen molar-refractivity contribution in [3.05, 3.63) is 45.7 Å². The van der Waals surface area contributed by atoms with Crippen LogP contribution in [-0.4, -0.2) is 9.97 Å². The van der Waals surface area contributed by atoms with Gasteiger partial charge in [-0.05, 0) is 36.9 Å². The zero-order valence-electron chi connectivity index (χ0n) is 9.27. The predicted molar refractivity (Wildman–Crippen MR) is 65.0 cm³/mol. The molecule has 1 atom stereocenters. The monoisotopic (exact) mass is 234 g/mol. The Balaban J connectivity index is 2.40. The second-order valence-electron chi connectivity index (χ2n) is 3.56. The van der Waals surface area contributed by atoms with Crippen molar-refractivity contribution in [3.8, 4) is 0 Å². The summed E-state index contributed by atoms with van der Waals surface area (Å²) in [4.78, 5) is 9.72. The highest BCUT2D eigenvalue weighted by atomic mass is 32.1. The molecule has 3 N–H and O–H groups in total. The molecule has 2 aromatic rings. The van der Waals surface area contributed by atoms with Crippen molar-refractivity contribution >= 4 is 11.3 Å². The third kappa shape index (κ3) is 2.11. The van der Waals surface area contributed by atoms with Crippen LogP contribution in [0.4, 0.5) is 0 Å². The van der Waals surface area contributed by atoms with E-state index in [1.807, 2.05) is 13.0 Å². The third-order valence-corrected chi connectivity index (χ3v) is 3.33. The lowest BCUT2D eigenvalue weighted by Crippen LogP contribution is -2.29. The van der Waals surface area contributed by atoms with E-state index >= 15 is 0 Å². The zero-order valence-corrected chi connectivity index (χ0v) is 10.1. The van der Waals surface area contributed by atoms with Gasteiger partial charge in [-0.25, -0.2) is 15.4 Å². The molecule has 0 saturated heterocycles. The molecule has 5 heteroatoms. The predicted octanol–water partition coefficient (Wildman–Crippen LogP) is 1.71. The van der Waals surface area contributed by atoms with Crippen LogP contribution in [0.15, 0.2) is 23.7 Å². The average Bonchev–Trinajstić information content (AvgIpc) is 2.67. The van der Waals surface area contributed by atoms with E-state index in [1.54, 1.807) is 17.5 Å². The van der Waals surface area contributed by atoms with Crippen LogP contribution >= 0.6 is 11.3 Å². The van der Waals surface area contributed by atoms with Crippen LogP contribution in [0, 0.1) is 13.8 Å². The molecule has 0 aliphatic carbocycles. The highest BCUT2D eigenvalue weighted by Crippen LogP contribution is 2.26. The Bertz CT molecular complexity index is 480. The third-order valence-electron chi connectivity index (χ3n) is 2.47. The van der Waals surface area contributed by atoms with E-state index in [0.29, 0.717) is 0 Å². The average molecular weight is 234 g/mol. The molecule has 0 aromatic carbocycles. The van der Waals surface area contributed by atoms with Gasteiger partial charge in [-0.1, -0.05) is 0 Å². The number of hydrazine groups is 1. The number of hydrogen-bond acceptors (Lipinski definition) is 5. The standard InChI is InChI=1S/C11H14N4S/c1-7-9(4-6-16-7)11(15-12)10-3-5-13-8(2)14-10/h3-6,11,15H,12H2,1-2H3. The lowest BCUT2D eigenvalue weighted by molar-refractivity contribution is 0.616. The SMILES string of the molecule is Cc1nccc(C(NN)c2ccsc2C)n1. The fraction of sp³-hybridized carbons (Fsp3) is 0.273. The summed E-state index contributed by atoms with van der Waals surface area (Å²) in [5, 5.41) is 2.06. The molecule has 0 spiro atoms. The van der Waals surface area contributed by atoms with Crippen molar-refractivity contribution in [1.29, 1.82) is 0 Å². The molecule has 1 unspecified atom stereocenters. The molecule has 0 fully saturated rings. The molecule has 0 aliphatic rings. The Kier molecular flexibility index (Phi) is 3.28. The maximum Gasteiger partial charge on any atom is 0.125 e. The summed E-state index contributed by atoms with van der Waals surface area (Å²) in [7, 11) is 0. The molecule has 0 saturated carbocycles. The number of nitrogens with one attached hydrogen (secondary N) is 1. The van der Waals surface area contributed by atoms with Crippen LogP contribution < -0.4 is 11.3 Å². The maximum absolute atomic E-state index is 5.61. The number of hydrogen-bond donors (Lipinski definition) is 2. The van der Waals surface area contributed by atoms with Gasteiger partial charge in [0.25, 0.3) is 0 Å². The summed E-state index contributed by atoms with van der Waals surface area (Å²) in [6.45, 7) is 3.95. The first-order valence-corrected chi connectivity index (χ1v) is 5.90. The summed E-state index contributed by atoms with van der Waals surface area (Å²) in [6, 6.07) is 3.89. The number of nitrogens with zero attached hydrogens (tertiary/aromatic N) is 2. The Morgan fingerprint density at radius 3 is 2.75 bits per heavy atom. The molecular weight excluding hydrogens is 220 g/mol. The molecular formula is C11H14N4S. The molecule has 2 rings (SSSR count). The second kappa shape index (κ2) is 4.69. The smallest absolute Gasteiger partial charge is 0.125 e. The van der Waals surface area contributed by atoms with E-state index in [-0.39, 0.29) is 6.04 Å². The Morgan fingerprint density at radius 2 is 2.19 bits per heavy atom. The van der Waals surface area contributed by atoms with Crippen molar-refractivity contribution in [2.45, 2.75) is 19.9 Å². The van der Waals surface area contributed by atoms with Gasteiger partial charge in [0.1, 0.15) is 5.82 Å². The zero-order chi connectivity index (χ0) is 11.5. The van der Waals surface area contributed by atoms with Gasteiger partial charge in [-0.3, -0.25) is 5.84 Å². The van der Waals surface area contributed by atoms with Crippen LogP contribution in [0.25, 0.3) is 0 Å². The van der Waals surface area contributed by atoms with E-state index in [2.05, 4.69) is 33.8 Å². The van der Waals surface area contributed by atoms with Crippen molar-refractivity contribution in [2.75, 3.05) is 0 Å². The molecule has 16 heavy (non-hydrogen) atoms. The molecule has 4 nitrogen and oxygen atoms in total. The normalized spacial score (nSPS) is 12.7. The topological polar surface area (TPSA) is 63.8 Å². The minimum Gasteiger partial charge on any atom is -0.271 e. The van der Waals surface area contributed by atoms with Crippen LogP contribution in [0.3, 0.4) is 0 Å². The van der Waals surface area contributed by atoms with Gasteiger partial charge in [0.05, 0.1) is 11.7 Å². The first-order chi connectivity index (χ1) is 7.72. The molecule has 84 valence electrons. The van der Waals surface area contributed by atoms with E-state index in [0.717, 1.165) is 11.5 Å². The summed E-state index contributed by atoms with van der Waals surface area (Å²) in [5.74, 6) is 6.36. The van der Waals surface area contributed by atoms with Gasteiger partial charge >= 0.3 is 0 Å². The summed E-state index contributed by atoms with van der Waals surface area (Å²) < 4.78 is 0. The van der Waals surface area contributed by atoms with Crippen molar-refractivity contribution in [3.63, 3.8) is 0 Å². The van der Waals surface area contributed by atoms with Crippen LogP contribution in [-0.2, 0) is 0 Å². The lowest BCUT2D eigenvalue weighted by atomic mass is 10.1. The first-order valence-electron chi connectivity index (χ1n) is 5.02. The highest BCUT2D eigenvalue weighted by Gasteiger charge is 2.16. The minimum atomic E-state index is -0.0621. The fourth-order valence-electron chi connectivity index (χ4n) is 1.66. The van der Waals surface area contributed by atoms with Gasteiger partial charge in [-0.2, -0.15) is 0 Å². The Morgan fingerprint density at radius 1 is 1.38 bits per heavy atom. The van der Waals surface area contributed by atoms with Crippen molar-refractivity contribution < 1.29 is 0 Å². The van der Waals surface area contributed by atoms with Crippen LogP contribution in [0.5, 0.6) is 0 Å². The number of rotatable bonds is 3. The number of thiophene rings is 1. The van der Waals surface area contributed by atoms with E-state index in [1.165, 1.54) is 10.4 Å². The van der Waals surface area contributed by atoms with Gasteiger partial charge in [-0.15, -0.1) is 11.3 Å². The molecule has 2 aromatic heterocycles. The highest BCUT2D eigenvalue weighted by molar-refractivity contribution is 7.10. The van der Waals surface area contributed by atoms with Gasteiger partial charge < -0.3 is 0 Å². The molecule has 2 heterocycles. The summed E-state index contributed by atoms with van der Waals surface area (Å²) >= 11 is 1.71. The number of aromatic nitrogens is 2. The van der Waals surface area contributed by atoms with Crippen molar-refractivity contribution in [2.24, 2.45) is 5.84 Å². The van der Waals surface area contributed by atoms with Crippen LogP contribution in [0.1, 0.15) is 28.0 Å². The quantitative estimate of drug-likeness (QED) is 0.627. The van der Waals surface area contributed by atoms with E-state index in [4.69, 9.17) is 5.84 Å². The Labute approximate surface area is 98.5 Å². The minimum absolute atomic E-state index is 0.0621. The van der Waals surface area contributed by atoms with Gasteiger partial charge in [0, 0.05) is 11.1 Å².